The summed E-state index contributed by atoms with van der Waals surface area (Å²) in [4.78, 5) is 16.0. The van der Waals surface area contributed by atoms with Crippen molar-refractivity contribution in [1.82, 2.24) is 10.3 Å². The molecule has 0 saturated carbocycles. The molecule has 0 fully saturated rings. The molecule has 4 nitrogen and oxygen atoms in total. The van der Waals surface area contributed by atoms with E-state index in [1.165, 1.54) is 0 Å². The fraction of sp³-hybridized carbons (Fsp3) is 0.667. The molecule has 0 spiro atoms. The fourth-order valence-electron chi connectivity index (χ4n) is 1.20. The van der Waals surface area contributed by atoms with E-state index in [0.717, 1.165) is 10.7 Å². The van der Waals surface area contributed by atoms with Crippen molar-refractivity contribution < 1.29 is 9.53 Å². The molecule has 1 aromatic heterocycles. The molecule has 0 aliphatic rings. The van der Waals surface area contributed by atoms with E-state index in [1.807, 2.05) is 12.3 Å². The number of carbonyl (C=O) groups excluding carboxylic acids is 1. The van der Waals surface area contributed by atoms with Crippen LogP contribution < -0.4 is 5.32 Å². The van der Waals surface area contributed by atoms with E-state index in [4.69, 9.17) is 4.74 Å². The van der Waals surface area contributed by atoms with Gasteiger partial charge in [0.05, 0.1) is 6.54 Å². The number of hydrogen-bond acceptors (Lipinski definition) is 4. The maximum absolute atomic E-state index is 11.7. The zero-order valence-electron chi connectivity index (χ0n) is 10.8. The number of thiazole rings is 1. The Morgan fingerprint density at radius 1 is 1.53 bits per heavy atom. The van der Waals surface area contributed by atoms with Crippen molar-refractivity contribution in [2.45, 2.75) is 40.3 Å². The largest absolute Gasteiger partial charge is 0.368 e. The molecule has 96 valence electrons. The van der Waals surface area contributed by atoms with Crippen molar-refractivity contribution in [1.29, 1.82) is 0 Å². The van der Waals surface area contributed by atoms with Gasteiger partial charge in [0, 0.05) is 17.7 Å². The van der Waals surface area contributed by atoms with Crippen molar-refractivity contribution >= 4 is 17.2 Å². The summed E-state index contributed by atoms with van der Waals surface area (Å²) in [6.45, 7) is 8.91. The first-order valence-corrected chi connectivity index (χ1v) is 6.67. The number of rotatable bonds is 6. The summed E-state index contributed by atoms with van der Waals surface area (Å²) in [5.41, 5.74) is 0.989. The molecular weight excluding hydrogens is 236 g/mol. The topological polar surface area (TPSA) is 51.2 Å². The summed E-state index contributed by atoms with van der Waals surface area (Å²) >= 11 is 1.55. The quantitative estimate of drug-likeness (QED) is 0.848. The van der Waals surface area contributed by atoms with Gasteiger partial charge in [-0.25, -0.2) is 4.98 Å². The smallest absolute Gasteiger partial charge is 0.249 e. The Balaban J connectivity index is 2.29. The van der Waals surface area contributed by atoms with Crippen LogP contribution in [0, 0.1) is 12.8 Å². The minimum Gasteiger partial charge on any atom is -0.368 e. The Kier molecular flexibility index (Phi) is 5.58. The van der Waals surface area contributed by atoms with E-state index in [9.17, 15) is 4.79 Å². The van der Waals surface area contributed by atoms with Gasteiger partial charge in [0.1, 0.15) is 11.1 Å². The summed E-state index contributed by atoms with van der Waals surface area (Å²) in [6.07, 6.45) is -0.404. The summed E-state index contributed by atoms with van der Waals surface area (Å²) < 4.78 is 5.43. The molecule has 0 bridgehead atoms. The van der Waals surface area contributed by atoms with Crippen LogP contribution in [0.15, 0.2) is 5.38 Å². The van der Waals surface area contributed by atoms with Gasteiger partial charge < -0.3 is 10.1 Å². The van der Waals surface area contributed by atoms with Crippen molar-refractivity contribution in [3.8, 4) is 0 Å². The van der Waals surface area contributed by atoms with Gasteiger partial charge in [0.2, 0.25) is 5.91 Å². The van der Waals surface area contributed by atoms with Crippen molar-refractivity contribution in [3.63, 3.8) is 0 Å². The summed E-state index contributed by atoms with van der Waals surface area (Å²) in [6, 6.07) is 0. The second kappa shape index (κ2) is 6.71. The Morgan fingerprint density at radius 3 is 2.76 bits per heavy atom. The number of aromatic nitrogens is 1. The zero-order valence-corrected chi connectivity index (χ0v) is 11.6. The SMILES string of the molecule is Cc1csc(CNC(=O)[C@@H](C)OCC(C)C)n1. The third-order valence-electron chi connectivity index (χ3n) is 2.13. The van der Waals surface area contributed by atoms with Gasteiger partial charge in [-0.15, -0.1) is 11.3 Å². The minimum absolute atomic E-state index is 0.0847. The van der Waals surface area contributed by atoms with Gasteiger partial charge in [-0.2, -0.15) is 0 Å². The molecule has 1 N–H and O–H groups in total. The van der Waals surface area contributed by atoms with Crippen LogP contribution in [0.1, 0.15) is 31.5 Å². The number of ether oxygens (including phenoxy) is 1. The van der Waals surface area contributed by atoms with Gasteiger partial charge in [-0.05, 0) is 19.8 Å². The molecule has 1 amide bonds. The standard InChI is InChI=1S/C12H20N2O2S/c1-8(2)6-16-10(4)12(15)13-5-11-14-9(3)7-17-11/h7-8,10H,5-6H2,1-4H3,(H,13,15)/t10-/m1/s1. The van der Waals surface area contributed by atoms with Crippen molar-refractivity contribution in [2.24, 2.45) is 5.92 Å². The normalized spacial score (nSPS) is 12.8. The van der Waals surface area contributed by atoms with E-state index in [-0.39, 0.29) is 5.91 Å². The van der Waals surface area contributed by atoms with Crippen LogP contribution in [0.25, 0.3) is 0 Å². The predicted octanol–water partition coefficient (Wildman–Crippen LogP) is 2.13. The van der Waals surface area contributed by atoms with Crippen LogP contribution in [0.4, 0.5) is 0 Å². The molecule has 0 aliphatic carbocycles. The van der Waals surface area contributed by atoms with Crippen LogP contribution in [0.5, 0.6) is 0 Å². The lowest BCUT2D eigenvalue weighted by molar-refractivity contribution is -0.132. The van der Waals surface area contributed by atoms with Gasteiger partial charge >= 0.3 is 0 Å². The van der Waals surface area contributed by atoms with E-state index in [0.29, 0.717) is 19.1 Å². The van der Waals surface area contributed by atoms with Gasteiger partial charge in [-0.3, -0.25) is 4.79 Å². The molecule has 1 aromatic rings. The molecular formula is C12H20N2O2S. The van der Waals surface area contributed by atoms with Gasteiger partial charge in [0.25, 0.3) is 0 Å². The van der Waals surface area contributed by atoms with E-state index in [1.54, 1.807) is 18.3 Å². The van der Waals surface area contributed by atoms with Crippen LogP contribution in [0.2, 0.25) is 0 Å². The zero-order chi connectivity index (χ0) is 12.8. The third kappa shape index (κ3) is 5.28. The Morgan fingerprint density at radius 2 is 2.24 bits per heavy atom. The highest BCUT2D eigenvalue weighted by Crippen LogP contribution is 2.08. The van der Waals surface area contributed by atoms with Crippen LogP contribution in [0.3, 0.4) is 0 Å². The molecule has 0 radical (unpaired) electrons. The van der Waals surface area contributed by atoms with E-state index >= 15 is 0 Å². The number of carbonyl (C=O) groups is 1. The van der Waals surface area contributed by atoms with E-state index in [2.05, 4.69) is 24.1 Å². The number of nitrogens with zero attached hydrogens (tertiary/aromatic N) is 1. The minimum atomic E-state index is -0.404. The first-order valence-electron chi connectivity index (χ1n) is 5.79. The number of amides is 1. The maximum Gasteiger partial charge on any atom is 0.249 e. The van der Waals surface area contributed by atoms with E-state index < -0.39 is 6.10 Å². The Labute approximate surface area is 106 Å². The molecule has 0 saturated heterocycles. The monoisotopic (exact) mass is 256 g/mol. The van der Waals surface area contributed by atoms with Crippen LogP contribution >= 0.6 is 11.3 Å². The first-order chi connectivity index (χ1) is 7.99. The maximum atomic E-state index is 11.7. The lowest BCUT2D eigenvalue weighted by Crippen LogP contribution is -2.34. The molecule has 17 heavy (non-hydrogen) atoms. The second-order valence-corrected chi connectivity index (χ2v) is 5.41. The predicted molar refractivity (Wildman–Crippen MR) is 68.9 cm³/mol. The molecule has 0 unspecified atom stereocenters. The van der Waals surface area contributed by atoms with Gasteiger partial charge in [-0.1, -0.05) is 13.8 Å². The highest BCUT2D eigenvalue weighted by molar-refractivity contribution is 7.09. The highest BCUT2D eigenvalue weighted by atomic mass is 32.1. The average molecular weight is 256 g/mol. The molecule has 0 aliphatic heterocycles. The average Bonchev–Trinajstić information content (AvgIpc) is 2.68. The molecule has 0 aromatic carbocycles. The summed E-state index contributed by atoms with van der Waals surface area (Å²) in [5, 5.41) is 5.72. The number of aryl methyl sites for hydroxylation is 1. The first kappa shape index (κ1) is 14.1. The fourth-order valence-corrected chi connectivity index (χ4v) is 1.91. The lowest BCUT2D eigenvalue weighted by atomic mass is 10.2. The van der Waals surface area contributed by atoms with Crippen molar-refractivity contribution in [2.75, 3.05) is 6.61 Å². The number of nitrogens with one attached hydrogen (secondary N) is 1. The van der Waals surface area contributed by atoms with Crippen LogP contribution in [-0.2, 0) is 16.1 Å². The van der Waals surface area contributed by atoms with Crippen molar-refractivity contribution in [3.05, 3.63) is 16.1 Å². The van der Waals surface area contributed by atoms with Gasteiger partial charge in [0.15, 0.2) is 0 Å². The highest BCUT2D eigenvalue weighted by Gasteiger charge is 2.13. The Hall–Kier alpha value is -0.940. The second-order valence-electron chi connectivity index (χ2n) is 4.47. The molecule has 1 atom stereocenters. The molecule has 1 heterocycles. The molecule has 5 heteroatoms. The van der Waals surface area contributed by atoms with Crippen LogP contribution in [-0.4, -0.2) is 23.6 Å². The summed E-state index contributed by atoms with van der Waals surface area (Å²) in [5.74, 6) is 0.352. The lowest BCUT2D eigenvalue weighted by Gasteiger charge is -2.14. The number of hydrogen-bond donors (Lipinski definition) is 1. The summed E-state index contributed by atoms with van der Waals surface area (Å²) in [7, 11) is 0. The Bertz CT molecular complexity index is 363. The third-order valence-corrected chi connectivity index (χ3v) is 3.10. The molecule has 1 rings (SSSR count).